The minimum Gasteiger partial charge on any atom is -0.465 e. The Kier molecular flexibility index (Phi) is 8.00. The first-order valence-electron chi connectivity index (χ1n) is 9.08. The zero-order chi connectivity index (χ0) is 19.6. The molecule has 0 aromatic heterocycles. The van der Waals surface area contributed by atoms with E-state index in [-0.39, 0.29) is 25.1 Å². The van der Waals surface area contributed by atoms with Crippen LogP contribution in [0.5, 0.6) is 0 Å². The van der Waals surface area contributed by atoms with Crippen LogP contribution in [0, 0.1) is 10.1 Å². The lowest BCUT2D eigenvalue weighted by molar-refractivity contribution is -0.757. The molecule has 1 atom stereocenters. The molecule has 27 heavy (non-hydrogen) atoms. The molecule has 0 saturated carbocycles. The summed E-state index contributed by atoms with van der Waals surface area (Å²) in [4.78, 5) is 26.5. The van der Waals surface area contributed by atoms with E-state index < -0.39 is 5.09 Å². The van der Waals surface area contributed by atoms with Crippen molar-refractivity contribution in [3.63, 3.8) is 0 Å². The van der Waals surface area contributed by atoms with Crippen LogP contribution in [0.2, 0.25) is 0 Å². The van der Waals surface area contributed by atoms with Gasteiger partial charge in [-0.15, -0.1) is 10.1 Å². The van der Waals surface area contributed by atoms with Crippen LogP contribution in [0.1, 0.15) is 49.7 Å². The predicted molar refractivity (Wildman–Crippen MR) is 101 cm³/mol. The Labute approximate surface area is 158 Å². The molecule has 0 aliphatic heterocycles. The number of benzene rings is 2. The number of hydrogen-bond acceptors (Lipinski definition) is 6. The van der Waals surface area contributed by atoms with Crippen molar-refractivity contribution in [2.75, 3.05) is 13.2 Å². The van der Waals surface area contributed by atoms with Crippen LogP contribution < -0.4 is 0 Å². The van der Waals surface area contributed by atoms with Crippen LogP contribution >= 0.6 is 0 Å². The van der Waals surface area contributed by atoms with Crippen LogP contribution in [-0.4, -0.2) is 29.4 Å². The summed E-state index contributed by atoms with van der Waals surface area (Å²) in [6.45, 7) is 2.27. The van der Waals surface area contributed by atoms with Crippen LogP contribution in [0.3, 0.4) is 0 Å². The van der Waals surface area contributed by atoms with Gasteiger partial charge in [-0.25, -0.2) is 0 Å². The van der Waals surface area contributed by atoms with Crippen molar-refractivity contribution in [3.8, 4) is 0 Å². The SMILES string of the molecule is CC(C(=O)OCCCCCCO[N+](=O)[O-])c1ccc2cc(CO)ccc2c1. The van der Waals surface area contributed by atoms with Gasteiger partial charge in [-0.1, -0.05) is 36.8 Å². The fraction of sp³-hybridized carbons (Fsp3) is 0.450. The highest BCUT2D eigenvalue weighted by atomic mass is 16.9. The fourth-order valence-corrected chi connectivity index (χ4v) is 2.81. The predicted octanol–water partition coefficient (Wildman–Crippen LogP) is 3.75. The standard InChI is InChI=1S/C20H25NO6/c1-15(20(23)26-10-4-2-3-5-11-27-21(24)25)17-8-9-18-12-16(14-22)6-7-19(18)13-17/h6-9,12-13,15,22H,2-5,10-11,14H2,1H3. The highest BCUT2D eigenvalue weighted by Crippen LogP contribution is 2.24. The summed E-state index contributed by atoms with van der Waals surface area (Å²) in [7, 11) is 0. The first kappa shape index (κ1) is 20.6. The van der Waals surface area contributed by atoms with Gasteiger partial charge in [0.2, 0.25) is 0 Å². The van der Waals surface area contributed by atoms with Gasteiger partial charge in [0.15, 0.2) is 0 Å². The van der Waals surface area contributed by atoms with E-state index in [2.05, 4.69) is 4.84 Å². The first-order chi connectivity index (χ1) is 13.0. The lowest BCUT2D eigenvalue weighted by Gasteiger charge is -2.13. The number of carbonyl (C=O) groups excluding carboxylic acids is 1. The number of hydrogen-bond donors (Lipinski definition) is 1. The topological polar surface area (TPSA) is 98.9 Å². The number of rotatable bonds is 11. The Morgan fingerprint density at radius 3 is 2.44 bits per heavy atom. The van der Waals surface area contributed by atoms with Gasteiger partial charge in [0.1, 0.15) is 0 Å². The molecule has 0 bridgehead atoms. The summed E-state index contributed by atoms with van der Waals surface area (Å²) in [5.41, 5.74) is 1.74. The molecule has 2 rings (SSSR count). The summed E-state index contributed by atoms with van der Waals surface area (Å²) in [5.74, 6) is -0.626. The molecule has 7 nitrogen and oxygen atoms in total. The highest BCUT2D eigenvalue weighted by molar-refractivity contribution is 5.86. The molecule has 0 aliphatic carbocycles. The highest BCUT2D eigenvalue weighted by Gasteiger charge is 2.17. The molecule has 1 N–H and O–H groups in total. The van der Waals surface area contributed by atoms with Crippen molar-refractivity contribution in [3.05, 3.63) is 57.6 Å². The summed E-state index contributed by atoms with van der Waals surface area (Å²) < 4.78 is 5.34. The largest absolute Gasteiger partial charge is 0.465 e. The normalized spacial score (nSPS) is 11.9. The Bertz CT molecular complexity index is 776. The maximum Gasteiger partial charge on any atom is 0.313 e. The van der Waals surface area contributed by atoms with E-state index in [0.717, 1.165) is 41.2 Å². The monoisotopic (exact) mass is 375 g/mol. The van der Waals surface area contributed by atoms with E-state index in [0.29, 0.717) is 13.0 Å². The van der Waals surface area contributed by atoms with E-state index >= 15 is 0 Å². The molecule has 146 valence electrons. The number of fused-ring (bicyclic) bond motifs is 1. The summed E-state index contributed by atoms with van der Waals surface area (Å²) in [6, 6.07) is 11.6. The third-order valence-corrected chi connectivity index (χ3v) is 4.44. The Balaban J connectivity index is 1.76. The molecular weight excluding hydrogens is 350 g/mol. The van der Waals surface area contributed by atoms with Crippen molar-refractivity contribution >= 4 is 16.7 Å². The van der Waals surface area contributed by atoms with Gasteiger partial charge in [0, 0.05) is 0 Å². The molecule has 1 unspecified atom stereocenters. The zero-order valence-electron chi connectivity index (χ0n) is 15.4. The van der Waals surface area contributed by atoms with Gasteiger partial charge in [0.25, 0.3) is 5.09 Å². The smallest absolute Gasteiger partial charge is 0.313 e. The van der Waals surface area contributed by atoms with Crippen molar-refractivity contribution in [1.82, 2.24) is 0 Å². The van der Waals surface area contributed by atoms with Crippen LogP contribution in [0.25, 0.3) is 10.8 Å². The maximum absolute atomic E-state index is 12.2. The van der Waals surface area contributed by atoms with E-state index in [9.17, 15) is 20.0 Å². The summed E-state index contributed by atoms with van der Waals surface area (Å²) in [6.07, 6.45) is 2.95. The number of ether oxygens (including phenoxy) is 1. The second kappa shape index (κ2) is 10.5. The lowest BCUT2D eigenvalue weighted by Crippen LogP contribution is -2.14. The van der Waals surface area contributed by atoms with Gasteiger partial charge in [-0.05, 0) is 54.2 Å². The number of nitrogens with zero attached hydrogens (tertiary/aromatic N) is 1. The Hall–Kier alpha value is -2.67. The van der Waals surface area contributed by atoms with Crippen LogP contribution in [-0.2, 0) is 21.0 Å². The quantitative estimate of drug-likeness (QED) is 0.278. The molecule has 2 aromatic carbocycles. The molecule has 0 heterocycles. The molecular formula is C20H25NO6. The molecule has 0 radical (unpaired) electrons. The number of aliphatic hydroxyl groups excluding tert-OH is 1. The third-order valence-electron chi connectivity index (χ3n) is 4.44. The molecule has 0 fully saturated rings. The number of aliphatic hydroxyl groups is 1. The van der Waals surface area contributed by atoms with Gasteiger partial charge in [0.05, 0.1) is 25.7 Å². The van der Waals surface area contributed by atoms with Crippen molar-refractivity contribution in [1.29, 1.82) is 0 Å². The van der Waals surface area contributed by atoms with Gasteiger partial charge in [-0.2, -0.15) is 0 Å². The lowest BCUT2D eigenvalue weighted by atomic mass is 9.97. The number of unbranched alkanes of at least 4 members (excludes halogenated alkanes) is 3. The summed E-state index contributed by atoms with van der Waals surface area (Å²) >= 11 is 0. The van der Waals surface area contributed by atoms with E-state index in [1.807, 2.05) is 43.3 Å². The molecule has 7 heteroatoms. The average molecular weight is 375 g/mol. The molecule has 0 saturated heterocycles. The van der Waals surface area contributed by atoms with E-state index in [4.69, 9.17) is 4.74 Å². The van der Waals surface area contributed by atoms with E-state index in [1.54, 1.807) is 0 Å². The fourth-order valence-electron chi connectivity index (χ4n) is 2.81. The van der Waals surface area contributed by atoms with Crippen molar-refractivity contribution in [2.45, 2.75) is 45.1 Å². The minimum absolute atomic E-state index is 0.00315. The molecule has 2 aromatic rings. The second-order valence-corrected chi connectivity index (χ2v) is 6.46. The Morgan fingerprint density at radius 1 is 1.07 bits per heavy atom. The van der Waals surface area contributed by atoms with Gasteiger partial charge >= 0.3 is 5.97 Å². The molecule has 0 aliphatic rings. The number of carbonyl (C=O) groups is 1. The molecule has 0 amide bonds. The second-order valence-electron chi connectivity index (χ2n) is 6.46. The minimum atomic E-state index is -0.790. The first-order valence-corrected chi connectivity index (χ1v) is 9.08. The maximum atomic E-state index is 12.2. The number of esters is 1. The van der Waals surface area contributed by atoms with E-state index in [1.165, 1.54) is 0 Å². The molecule has 0 spiro atoms. The van der Waals surface area contributed by atoms with Crippen molar-refractivity contribution in [2.24, 2.45) is 0 Å². The van der Waals surface area contributed by atoms with Crippen molar-refractivity contribution < 1.29 is 24.6 Å². The van der Waals surface area contributed by atoms with Gasteiger partial charge in [-0.3, -0.25) is 4.79 Å². The summed E-state index contributed by atoms with van der Waals surface area (Å²) in [5, 5.41) is 20.5. The average Bonchev–Trinajstić information content (AvgIpc) is 2.68. The Morgan fingerprint density at radius 2 is 1.74 bits per heavy atom. The van der Waals surface area contributed by atoms with Crippen LogP contribution in [0.15, 0.2) is 36.4 Å². The van der Waals surface area contributed by atoms with Crippen LogP contribution in [0.4, 0.5) is 0 Å². The third kappa shape index (κ3) is 6.53. The van der Waals surface area contributed by atoms with Gasteiger partial charge < -0.3 is 14.7 Å². The zero-order valence-corrected chi connectivity index (χ0v) is 15.4.